The van der Waals surface area contributed by atoms with Gasteiger partial charge in [-0.15, -0.1) is 12.4 Å². The Labute approximate surface area is 144 Å². The number of nitrogens with two attached hydrogens (primary N) is 1. The van der Waals surface area contributed by atoms with Crippen molar-refractivity contribution in [2.24, 2.45) is 11.7 Å². The van der Waals surface area contributed by atoms with Crippen LogP contribution in [-0.2, 0) is 10.0 Å². The summed E-state index contributed by atoms with van der Waals surface area (Å²) in [6.07, 6.45) is 0.439. The van der Waals surface area contributed by atoms with E-state index in [-0.39, 0.29) is 35.4 Å². The summed E-state index contributed by atoms with van der Waals surface area (Å²) in [6.45, 7) is 4.00. The minimum absolute atomic E-state index is 0. The number of nitrogens with zero attached hydrogens (tertiary/aromatic N) is 1. The number of halogens is 4. The van der Waals surface area contributed by atoms with Crippen LogP contribution in [0.4, 0.5) is 8.78 Å². The van der Waals surface area contributed by atoms with Gasteiger partial charge in [0.25, 0.3) is 0 Å². The first-order chi connectivity index (χ1) is 9.57. The van der Waals surface area contributed by atoms with Crippen molar-refractivity contribution < 1.29 is 17.2 Å². The maximum absolute atomic E-state index is 13.8. The van der Waals surface area contributed by atoms with E-state index in [9.17, 15) is 17.2 Å². The van der Waals surface area contributed by atoms with Crippen LogP contribution >= 0.6 is 28.3 Å². The van der Waals surface area contributed by atoms with Crippen LogP contribution in [0, 0.1) is 17.6 Å². The standard InChI is InChI=1S/C13H19BrF2N2O2S.ClH/c1-8(2)12(17)4-5-18(3)21(19,20)13-7-10(15)9(14)6-11(13)16;/h6-8,12H,4-5,17H2,1-3H3;1H. The summed E-state index contributed by atoms with van der Waals surface area (Å²) in [5.41, 5.74) is 5.86. The van der Waals surface area contributed by atoms with Gasteiger partial charge in [-0.05, 0) is 40.4 Å². The normalized spacial score (nSPS) is 13.3. The fourth-order valence-corrected chi connectivity index (χ4v) is 3.21. The highest BCUT2D eigenvalue weighted by molar-refractivity contribution is 9.10. The Morgan fingerprint density at radius 2 is 1.82 bits per heavy atom. The van der Waals surface area contributed by atoms with Crippen LogP contribution in [-0.4, -0.2) is 32.4 Å². The smallest absolute Gasteiger partial charge is 0.245 e. The summed E-state index contributed by atoms with van der Waals surface area (Å²) >= 11 is 2.81. The Morgan fingerprint density at radius 1 is 1.27 bits per heavy atom. The SMILES string of the molecule is CC(C)C(N)CCN(C)S(=O)(=O)c1cc(F)c(Br)cc1F.Cl. The molecule has 0 spiro atoms. The Morgan fingerprint density at radius 3 is 2.32 bits per heavy atom. The molecular formula is C13H20BrClF2N2O2S. The molecule has 22 heavy (non-hydrogen) atoms. The lowest BCUT2D eigenvalue weighted by atomic mass is 10.0. The van der Waals surface area contributed by atoms with Gasteiger partial charge in [0, 0.05) is 19.6 Å². The van der Waals surface area contributed by atoms with Crippen molar-refractivity contribution >= 4 is 38.4 Å². The Balaban J connectivity index is 0.00000441. The van der Waals surface area contributed by atoms with Crippen LogP contribution < -0.4 is 5.73 Å². The first-order valence-electron chi connectivity index (χ1n) is 6.43. The fourth-order valence-electron chi connectivity index (χ4n) is 1.65. The van der Waals surface area contributed by atoms with Gasteiger partial charge in [-0.3, -0.25) is 0 Å². The van der Waals surface area contributed by atoms with Gasteiger partial charge in [0.15, 0.2) is 0 Å². The molecule has 0 aliphatic carbocycles. The van der Waals surface area contributed by atoms with Crippen LogP contribution in [0.5, 0.6) is 0 Å². The second-order valence-corrected chi connectivity index (χ2v) is 8.09. The maximum atomic E-state index is 13.8. The number of benzene rings is 1. The van der Waals surface area contributed by atoms with Gasteiger partial charge in [0.2, 0.25) is 10.0 Å². The number of hydrogen-bond donors (Lipinski definition) is 1. The van der Waals surface area contributed by atoms with Gasteiger partial charge < -0.3 is 5.73 Å². The zero-order valence-corrected chi connectivity index (χ0v) is 15.7. The van der Waals surface area contributed by atoms with Gasteiger partial charge >= 0.3 is 0 Å². The van der Waals surface area contributed by atoms with Crippen molar-refractivity contribution in [1.82, 2.24) is 4.31 Å². The molecule has 9 heteroatoms. The van der Waals surface area contributed by atoms with Crippen molar-refractivity contribution in [3.05, 3.63) is 28.2 Å². The summed E-state index contributed by atoms with van der Waals surface area (Å²) < 4.78 is 52.6. The average Bonchev–Trinajstić information content (AvgIpc) is 2.39. The zero-order valence-electron chi connectivity index (χ0n) is 12.5. The van der Waals surface area contributed by atoms with E-state index in [2.05, 4.69) is 15.9 Å². The topological polar surface area (TPSA) is 63.4 Å². The van der Waals surface area contributed by atoms with Crippen molar-refractivity contribution in [1.29, 1.82) is 0 Å². The molecule has 1 aromatic rings. The molecule has 1 aromatic carbocycles. The van der Waals surface area contributed by atoms with Gasteiger partial charge in [-0.1, -0.05) is 13.8 Å². The first kappa shape index (κ1) is 21.7. The molecule has 128 valence electrons. The second kappa shape index (κ2) is 8.54. The van der Waals surface area contributed by atoms with Crippen LogP contribution in [0.3, 0.4) is 0 Å². The predicted octanol–water partition coefficient (Wildman–Crippen LogP) is 3.14. The van der Waals surface area contributed by atoms with Gasteiger partial charge in [-0.25, -0.2) is 21.5 Å². The zero-order chi connectivity index (χ0) is 16.4. The number of rotatable bonds is 6. The maximum Gasteiger partial charge on any atom is 0.245 e. The molecule has 4 nitrogen and oxygen atoms in total. The number of sulfonamides is 1. The predicted molar refractivity (Wildman–Crippen MR) is 88.6 cm³/mol. The molecule has 0 saturated carbocycles. The highest BCUT2D eigenvalue weighted by atomic mass is 79.9. The van der Waals surface area contributed by atoms with Gasteiger partial charge in [-0.2, -0.15) is 0 Å². The van der Waals surface area contributed by atoms with E-state index in [0.29, 0.717) is 12.5 Å². The average molecular weight is 422 g/mol. The third-order valence-electron chi connectivity index (χ3n) is 3.30. The van der Waals surface area contributed by atoms with E-state index >= 15 is 0 Å². The van der Waals surface area contributed by atoms with Gasteiger partial charge in [0.05, 0.1) is 4.47 Å². The Kier molecular flexibility index (Phi) is 8.43. The molecule has 0 aliphatic rings. The lowest BCUT2D eigenvalue weighted by Crippen LogP contribution is -2.35. The molecule has 0 radical (unpaired) electrons. The molecule has 0 heterocycles. The third-order valence-corrected chi connectivity index (χ3v) is 5.78. The highest BCUT2D eigenvalue weighted by Crippen LogP contribution is 2.25. The molecule has 1 rings (SSSR count). The monoisotopic (exact) mass is 420 g/mol. The van der Waals surface area contributed by atoms with Crippen LogP contribution in [0.15, 0.2) is 21.5 Å². The Hall–Kier alpha value is -0.280. The summed E-state index contributed by atoms with van der Waals surface area (Å²) in [7, 11) is -2.77. The van der Waals surface area contributed by atoms with E-state index in [1.165, 1.54) is 7.05 Å². The van der Waals surface area contributed by atoms with Crippen molar-refractivity contribution in [2.75, 3.05) is 13.6 Å². The summed E-state index contributed by atoms with van der Waals surface area (Å²) in [4.78, 5) is -0.677. The second-order valence-electron chi connectivity index (χ2n) is 5.22. The fraction of sp³-hybridized carbons (Fsp3) is 0.538. The highest BCUT2D eigenvalue weighted by Gasteiger charge is 2.26. The van der Waals surface area contributed by atoms with Crippen LogP contribution in [0.25, 0.3) is 0 Å². The molecule has 2 N–H and O–H groups in total. The lowest BCUT2D eigenvalue weighted by Gasteiger charge is -2.21. The van der Waals surface area contributed by atoms with E-state index in [0.717, 1.165) is 10.4 Å². The van der Waals surface area contributed by atoms with Gasteiger partial charge in [0.1, 0.15) is 16.5 Å². The molecule has 0 fully saturated rings. The largest absolute Gasteiger partial charge is 0.327 e. The summed E-state index contributed by atoms with van der Waals surface area (Å²) in [5.74, 6) is -1.62. The van der Waals surface area contributed by atoms with Crippen LogP contribution in [0.1, 0.15) is 20.3 Å². The molecule has 0 aromatic heterocycles. The quantitative estimate of drug-likeness (QED) is 0.718. The van der Waals surface area contributed by atoms with E-state index in [1.807, 2.05) is 13.8 Å². The molecule has 0 bridgehead atoms. The summed E-state index contributed by atoms with van der Waals surface area (Å²) in [5, 5.41) is 0. The van der Waals surface area contributed by atoms with E-state index in [1.54, 1.807) is 0 Å². The summed E-state index contributed by atoms with van der Waals surface area (Å²) in [6, 6.07) is 1.32. The lowest BCUT2D eigenvalue weighted by molar-refractivity contribution is 0.395. The van der Waals surface area contributed by atoms with E-state index in [4.69, 9.17) is 5.73 Å². The van der Waals surface area contributed by atoms with Crippen molar-refractivity contribution in [3.8, 4) is 0 Å². The minimum Gasteiger partial charge on any atom is -0.327 e. The van der Waals surface area contributed by atoms with E-state index < -0.39 is 26.6 Å². The third kappa shape index (κ3) is 5.13. The van der Waals surface area contributed by atoms with Crippen molar-refractivity contribution in [2.45, 2.75) is 31.2 Å². The van der Waals surface area contributed by atoms with Crippen LogP contribution in [0.2, 0.25) is 0 Å². The molecule has 0 amide bonds. The minimum atomic E-state index is -4.09. The molecular weight excluding hydrogens is 402 g/mol. The molecule has 1 unspecified atom stereocenters. The Bertz CT molecular complexity index is 614. The first-order valence-corrected chi connectivity index (χ1v) is 8.67. The van der Waals surface area contributed by atoms with Crippen molar-refractivity contribution in [3.63, 3.8) is 0 Å². The number of hydrogen-bond acceptors (Lipinski definition) is 3. The molecule has 0 saturated heterocycles. The molecule has 1 atom stereocenters. The molecule has 0 aliphatic heterocycles.